The summed E-state index contributed by atoms with van der Waals surface area (Å²) in [7, 11) is 0. The maximum absolute atomic E-state index is 8.89. The fraction of sp³-hybridized carbons (Fsp3) is 0.133. The molecule has 0 atom stereocenters. The van der Waals surface area contributed by atoms with Crippen LogP contribution in [-0.4, -0.2) is 11.0 Å². The standard InChI is InChI=1S/C15H15BrN2OS/c1-10-4-2-5-11(8-10)9-20-13-7-3-6-12(16)14(13)15(17)18-19/h2-8,19H,9H2,1H3,(H2,17,18). The Morgan fingerprint density at radius 1 is 1.30 bits per heavy atom. The van der Waals surface area contributed by atoms with Crippen LogP contribution in [-0.2, 0) is 5.75 Å². The van der Waals surface area contributed by atoms with Crippen molar-refractivity contribution in [3.05, 3.63) is 63.6 Å². The van der Waals surface area contributed by atoms with Crippen LogP contribution in [0.1, 0.15) is 16.7 Å². The average molecular weight is 351 g/mol. The molecule has 0 saturated carbocycles. The van der Waals surface area contributed by atoms with E-state index in [4.69, 9.17) is 10.9 Å². The molecule has 3 N–H and O–H groups in total. The van der Waals surface area contributed by atoms with E-state index in [0.717, 1.165) is 20.7 Å². The summed E-state index contributed by atoms with van der Waals surface area (Å²) in [5.74, 6) is 0.952. The predicted octanol–water partition coefficient (Wildman–Crippen LogP) is 4.14. The van der Waals surface area contributed by atoms with E-state index in [1.807, 2.05) is 18.2 Å². The SMILES string of the molecule is Cc1cccc(CSc2cccc(Br)c2/C(N)=N/O)c1. The lowest BCUT2D eigenvalue weighted by Crippen LogP contribution is -2.15. The Kier molecular flexibility index (Phi) is 5.09. The molecule has 0 radical (unpaired) electrons. The van der Waals surface area contributed by atoms with Crippen LogP contribution in [0.25, 0.3) is 0 Å². The average Bonchev–Trinajstić information content (AvgIpc) is 2.44. The quantitative estimate of drug-likeness (QED) is 0.286. The second-order valence-corrected chi connectivity index (χ2v) is 6.25. The fourth-order valence-corrected chi connectivity index (χ4v) is 3.62. The van der Waals surface area contributed by atoms with Gasteiger partial charge >= 0.3 is 0 Å². The number of amidine groups is 1. The van der Waals surface area contributed by atoms with Crippen molar-refractivity contribution in [3.63, 3.8) is 0 Å². The van der Waals surface area contributed by atoms with E-state index in [2.05, 4.69) is 52.3 Å². The first kappa shape index (κ1) is 14.9. The van der Waals surface area contributed by atoms with Crippen molar-refractivity contribution in [1.82, 2.24) is 0 Å². The minimum absolute atomic E-state index is 0.115. The number of hydrogen-bond donors (Lipinski definition) is 2. The van der Waals surface area contributed by atoms with Gasteiger partial charge in [-0.25, -0.2) is 0 Å². The summed E-state index contributed by atoms with van der Waals surface area (Å²) >= 11 is 5.11. The molecule has 0 spiro atoms. The molecule has 0 amide bonds. The molecule has 0 saturated heterocycles. The molecule has 0 heterocycles. The lowest BCUT2D eigenvalue weighted by Gasteiger charge is -2.10. The van der Waals surface area contributed by atoms with Crippen molar-refractivity contribution in [3.8, 4) is 0 Å². The first-order valence-electron chi connectivity index (χ1n) is 6.06. The summed E-state index contributed by atoms with van der Waals surface area (Å²) in [4.78, 5) is 0.983. The molecule has 0 unspecified atom stereocenters. The number of hydrogen-bond acceptors (Lipinski definition) is 3. The second-order valence-electron chi connectivity index (χ2n) is 4.38. The van der Waals surface area contributed by atoms with E-state index >= 15 is 0 Å². The molecular formula is C15H15BrN2OS. The van der Waals surface area contributed by atoms with E-state index in [0.29, 0.717) is 0 Å². The highest BCUT2D eigenvalue weighted by molar-refractivity contribution is 9.10. The fourth-order valence-electron chi connectivity index (χ4n) is 1.89. The maximum atomic E-state index is 8.89. The van der Waals surface area contributed by atoms with E-state index < -0.39 is 0 Å². The first-order valence-corrected chi connectivity index (χ1v) is 7.84. The lowest BCUT2D eigenvalue weighted by molar-refractivity contribution is 0.318. The van der Waals surface area contributed by atoms with Gasteiger partial charge in [-0.05, 0) is 40.5 Å². The summed E-state index contributed by atoms with van der Waals surface area (Å²) in [6, 6.07) is 14.2. The number of nitrogens with zero attached hydrogens (tertiary/aromatic N) is 1. The third-order valence-electron chi connectivity index (χ3n) is 2.82. The van der Waals surface area contributed by atoms with Crippen molar-refractivity contribution >= 4 is 33.5 Å². The number of aryl methyl sites for hydroxylation is 1. The highest BCUT2D eigenvalue weighted by Gasteiger charge is 2.11. The Morgan fingerprint density at radius 3 is 2.75 bits per heavy atom. The van der Waals surface area contributed by atoms with Gasteiger partial charge in [-0.3, -0.25) is 0 Å². The third-order valence-corrected chi connectivity index (χ3v) is 4.61. The maximum Gasteiger partial charge on any atom is 0.172 e. The molecule has 104 valence electrons. The Balaban J connectivity index is 2.24. The largest absolute Gasteiger partial charge is 0.409 e. The molecule has 0 aliphatic heterocycles. The van der Waals surface area contributed by atoms with E-state index in [1.165, 1.54) is 11.1 Å². The van der Waals surface area contributed by atoms with Gasteiger partial charge in [-0.2, -0.15) is 0 Å². The molecule has 20 heavy (non-hydrogen) atoms. The van der Waals surface area contributed by atoms with Crippen LogP contribution >= 0.6 is 27.7 Å². The van der Waals surface area contributed by atoms with Crippen LogP contribution in [0, 0.1) is 6.92 Å². The molecule has 0 fully saturated rings. The van der Waals surface area contributed by atoms with Crippen LogP contribution in [0.4, 0.5) is 0 Å². The normalized spacial score (nSPS) is 11.6. The van der Waals surface area contributed by atoms with E-state index in [9.17, 15) is 0 Å². The number of benzene rings is 2. The molecule has 2 aromatic carbocycles. The number of oxime groups is 1. The van der Waals surface area contributed by atoms with Gasteiger partial charge in [-0.1, -0.05) is 41.1 Å². The molecule has 3 nitrogen and oxygen atoms in total. The predicted molar refractivity (Wildman–Crippen MR) is 87.4 cm³/mol. The monoisotopic (exact) mass is 350 g/mol. The molecular weight excluding hydrogens is 336 g/mol. The molecule has 0 bridgehead atoms. The van der Waals surface area contributed by atoms with Crippen LogP contribution in [0.5, 0.6) is 0 Å². The van der Waals surface area contributed by atoms with Crippen molar-refractivity contribution in [2.75, 3.05) is 0 Å². The van der Waals surface area contributed by atoms with Crippen LogP contribution in [0.15, 0.2) is 57.0 Å². The van der Waals surface area contributed by atoms with Crippen molar-refractivity contribution in [2.45, 2.75) is 17.6 Å². The smallest absolute Gasteiger partial charge is 0.172 e. The second kappa shape index (κ2) is 6.81. The van der Waals surface area contributed by atoms with Crippen molar-refractivity contribution in [2.24, 2.45) is 10.9 Å². The third kappa shape index (κ3) is 3.55. The van der Waals surface area contributed by atoms with Crippen molar-refractivity contribution in [1.29, 1.82) is 0 Å². The Morgan fingerprint density at radius 2 is 2.05 bits per heavy atom. The van der Waals surface area contributed by atoms with Crippen LogP contribution < -0.4 is 5.73 Å². The molecule has 2 rings (SSSR count). The first-order chi connectivity index (χ1) is 9.61. The summed E-state index contributed by atoms with van der Waals surface area (Å²) in [5, 5.41) is 12.0. The minimum Gasteiger partial charge on any atom is -0.409 e. The van der Waals surface area contributed by atoms with Gasteiger partial charge in [0.2, 0.25) is 0 Å². The number of rotatable bonds is 4. The summed E-state index contributed by atoms with van der Waals surface area (Å²) in [6.45, 7) is 2.08. The number of halogens is 1. The van der Waals surface area contributed by atoms with Gasteiger partial charge in [0.25, 0.3) is 0 Å². The Labute approximate surface area is 131 Å². The molecule has 2 aromatic rings. The number of nitrogens with two attached hydrogens (primary N) is 1. The van der Waals surface area contributed by atoms with Crippen LogP contribution in [0.2, 0.25) is 0 Å². The Hall–Kier alpha value is -1.46. The summed E-state index contributed by atoms with van der Waals surface area (Å²) < 4.78 is 0.821. The topological polar surface area (TPSA) is 58.6 Å². The van der Waals surface area contributed by atoms with Gasteiger partial charge in [-0.15, -0.1) is 11.8 Å². The van der Waals surface area contributed by atoms with E-state index in [-0.39, 0.29) is 5.84 Å². The lowest BCUT2D eigenvalue weighted by atomic mass is 10.2. The molecule has 0 aromatic heterocycles. The summed E-state index contributed by atoms with van der Waals surface area (Å²) in [5.41, 5.74) is 8.97. The summed E-state index contributed by atoms with van der Waals surface area (Å²) in [6.07, 6.45) is 0. The van der Waals surface area contributed by atoms with Gasteiger partial charge in [0.15, 0.2) is 5.84 Å². The van der Waals surface area contributed by atoms with Gasteiger partial charge in [0.05, 0.1) is 0 Å². The zero-order valence-electron chi connectivity index (χ0n) is 11.0. The van der Waals surface area contributed by atoms with E-state index in [1.54, 1.807) is 11.8 Å². The highest BCUT2D eigenvalue weighted by atomic mass is 79.9. The molecule has 5 heteroatoms. The van der Waals surface area contributed by atoms with Gasteiger partial charge in [0.1, 0.15) is 0 Å². The van der Waals surface area contributed by atoms with Crippen molar-refractivity contribution < 1.29 is 5.21 Å². The van der Waals surface area contributed by atoms with Gasteiger partial charge in [0, 0.05) is 20.7 Å². The number of thioether (sulfide) groups is 1. The van der Waals surface area contributed by atoms with Crippen LogP contribution in [0.3, 0.4) is 0 Å². The highest BCUT2D eigenvalue weighted by Crippen LogP contribution is 2.31. The van der Waals surface area contributed by atoms with Gasteiger partial charge < -0.3 is 10.9 Å². The zero-order valence-corrected chi connectivity index (χ0v) is 13.4. The minimum atomic E-state index is 0.115. The molecule has 0 aliphatic carbocycles. The molecule has 0 aliphatic rings. The Bertz CT molecular complexity index is 644. The zero-order chi connectivity index (χ0) is 14.5.